The number of amides is 1. The smallest absolute Gasteiger partial charge is 0.340 e. The maximum atomic E-state index is 12.7. The molecule has 0 aromatic carbocycles. The first-order chi connectivity index (χ1) is 7.85. The summed E-state index contributed by atoms with van der Waals surface area (Å²) < 4.78 is 38.2. The summed E-state index contributed by atoms with van der Waals surface area (Å²) in [4.78, 5) is 12.0. The first-order valence-electron chi connectivity index (χ1n) is 6.00. The van der Waals surface area contributed by atoms with Crippen LogP contribution in [0, 0.1) is 0 Å². The maximum Gasteiger partial charge on any atom is 0.411 e. The Hall–Kier alpha value is -0.780. The lowest BCUT2D eigenvalue weighted by molar-refractivity contribution is -0.172. The molecule has 0 aromatic rings. The third-order valence-electron chi connectivity index (χ3n) is 3.93. The highest BCUT2D eigenvalue weighted by molar-refractivity contribution is 5.87. The van der Waals surface area contributed by atoms with Crippen LogP contribution < -0.4 is 10.6 Å². The molecule has 2 fully saturated rings. The van der Waals surface area contributed by atoms with E-state index in [9.17, 15) is 18.0 Å². The standard InChI is InChI=1S/C11H17F3N2O/c1-2-9(4-3-7-15-9)8(17)16-10(5-6-10)11(12,13)14/h15H,2-7H2,1H3,(H,16,17). The number of nitrogens with one attached hydrogen (secondary N) is 2. The van der Waals surface area contributed by atoms with Crippen molar-refractivity contribution in [3.05, 3.63) is 0 Å². The van der Waals surface area contributed by atoms with E-state index in [2.05, 4.69) is 10.6 Å². The van der Waals surface area contributed by atoms with Gasteiger partial charge in [0.1, 0.15) is 5.54 Å². The van der Waals surface area contributed by atoms with E-state index in [4.69, 9.17) is 0 Å². The number of alkyl halides is 3. The molecule has 1 aliphatic heterocycles. The van der Waals surface area contributed by atoms with E-state index in [1.54, 1.807) is 0 Å². The van der Waals surface area contributed by atoms with E-state index in [0.717, 1.165) is 6.42 Å². The van der Waals surface area contributed by atoms with Crippen LogP contribution in [0.1, 0.15) is 39.0 Å². The molecule has 0 radical (unpaired) electrons. The molecule has 17 heavy (non-hydrogen) atoms. The van der Waals surface area contributed by atoms with Gasteiger partial charge >= 0.3 is 6.18 Å². The van der Waals surface area contributed by atoms with Crippen LogP contribution in [-0.2, 0) is 4.79 Å². The molecule has 0 aromatic heterocycles. The zero-order chi connectivity index (χ0) is 12.7. The van der Waals surface area contributed by atoms with E-state index in [-0.39, 0.29) is 12.8 Å². The van der Waals surface area contributed by atoms with E-state index >= 15 is 0 Å². The Morgan fingerprint density at radius 3 is 2.35 bits per heavy atom. The Kier molecular flexibility index (Phi) is 2.88. The lowest BCUT2D eigenvalue weighted by atomic mass is 9.92. The molecule has 1 amide bonds. The molecule has 0 spiro atoms. The molecule has 2 N–H and O–H groups in total. The van der Waals surface area contributed by atoms with Gasteiger partial charge in [0.15, 0.2) is 0 Å². The van der Waals surface area contributed by atoms with Crippen molar-refractivity contribution < 1.29 is 18.0 Å². The van der Waals surface area contributed by atoms with Gasteiger partial charge < -0.3 is 10.6 Å². The Labute approximate surface area is 98.1 Å². The van der Waals surface area contributed by atoms with Crippen LogP contribution in [-0.4, -0.2) is 29.7 Å². The number of halogens is 3. The average molecular weight is 250 g/mol. The van der Waals surface area contributed by atoms with Crippen molar-refractivity contribution in [2.75, 3.05) is 6.54 Å². The second-order valence-corrected chi connectivity index (χ2v) is 5.00. The third kappa shape index (κ3) is 2.03. The molecule has 3 nitrogen and oxygen atoms in total. The van der Waals surface area contributed by atoms with Crippen LogP contribution in [0.5, 0.6) is 0 Å². The van der Waals surface area contributed by atoms with Crippen molar-refractivity contribution >= 4 is 5.91 Å². The predicted molar refractivity (Wildman–Crippen MR) is 56.4 cm³/mol. The van der Waals surface area contributed by atoms with Gasteiger partial charge in [-0.1, -0.05) is 6.92 Å². The summed E-state index contributed by atoms with van der Waals surface area (Å²) in [5, 5.41) is 5.26. The van der Waals surface area contributed by atoms with Gasteiger partial charge in [0.2, 0.25) is 5.91 Å². The van der Waals surface area contributed by atoms with Gasteiger partial charge in [0.05, 0.1) is 5.54 Å². The minimum absolute atomic E-state index is 0.00202. The van der Waals surface area contributed by atoms with Crippen LogP contribution in [0.25, 0.3) is 0 Å². The summed E-state index contributed by atoms with van der Waals surface area (Å²) in [5.74, 6) is -0.493. The zero-order valence-corrected chi connectivity index (χ0v) is 9.78. The molecule has 1 saturated carbocycles. The van der Waals surface area contributed by atoms with Crippen LogP contribution in [0.2, 0.25) is 0 Å². The topological polar surface area (TPSA) is 41.1 Å². The molecule has 1 unspecified atom stereocenters. The number of hydrogen-bond acceptors (Lipinski definition) is 2. The van der Waals surface area contributed by atoms with Crippen LogP contribution in [0.4, 0.5) is 13.2 Å². The molecule has 2 rings (SSSR count). The fraction of sp³-hybridized carbons (Fsp3) is 0.909. The highest BCUT2D eigenvalue weighted by atomic mass is 19.4. The van der Waals surface area contributed by atoms with Crippen molar-refractivity contribution in [3.63, 3.8) is 0 Å². The normalized spacial score (nSPS) is 31.3. The first kappa shape index (κ1) is 12.7. The largest absolute Gasteiger partial charge is 0.411 e. The van der Waals surface area contributed by atoms with E-state index in [0.29, 0.717) is 19.4 Å². The van der Waals surface area contributed by atoms with E-state index in [1.165, 1.54) is 0 Å². The minimum atomic E-state index is -4.34. The van der Waals surface area contributed by atoms with Crippen molar-refractivity contribution in [2.45, 2.75) is 56.3 Å². The molecular formula is C11H17F3N2O. The quantitative estimate of drug-likeness (QED) is 0.801. The molecule has 1 heterocycles. The number of carbonyl (C=O) groups is 1. The van der Waals surface area contributed by atoms with Gasteiger partial charge in [-0.3, -0.25) is 4.79 Å². The van der Waals surface area contributed by atoms with Crippen molar-refractivity contribution in [2.24, 2.45) is 0 Å². The maximum absolute atomic E-state index is 12.7. The zero-order valence-electron chi connectivity index (χ0n) is 9.78. The SMILES string of the molecule is CCC1(C(=O)NC2(C(F)(F)F)CC2)CCCN1. The fourth-order valence-corrected chi connectivity index (χ4v) is 2.40. The van der Waals surface area contributed by atoms with Gasteiger partial charge in [-0.15, -0.1) is 0 Å². The lowest BCUT2D eigenvalue weighted by Crippen LogP contribution is -2.59. The second kappa shape index (κ2) is 3.86. The van der Waals surface area contributed by atoms with Crippen molar-refractivity contribution in [3.8, 4) is 0 Å². The summed E-state index contributed by atoms with van der Waals surface area (Å²) >= 11 is 0. The minimum Gasteiger partial charge on any atom is -0.340 e. The number of carbonyl (C=O) groups excluding carboxylic acids is 1. The van der Waals surface area contributed by atoms with Crippen LogP contribution >= 0.6 is 0 Å². The molecule has 1 atom stereocenters. The van der Waals surface area contributed by atoms with Crippen molar-refractivity contribution in [1.29, 1.82) is 0 Å². The molecule has 1 aliphatic carbocycles. The Morgan fingerprint density at radius 2 is 2.00 bits per heavy atom. The lowest BCUT2D eigenvalue weighted by Gasteiger charge is -2.30. The fourth-order valence-electron chi connectivity index (χ4n) is 2.40. The van der Waals surface area contributed by atoms with E-state index < -0.39 is 23.2 Å². The molecule has 6 heteroatoms. The van der Waals surface area contributed by atoms with Gasteiger partial charge in [-0.2, -0.15) is 13.2 Å². The summed E-state index contributed by atoms with van der Waals surface area (Å²) in [6.45, 7) is 2.52. The average Bonchev–Trinajstić information content (AvgIpc) is 2.89. The first-order valence-corrected chi connectivity index (χ1v) is 6.00. The predicted octanol–water partition coefficient (Wildman–Crippen LogP) is 1.73. The Balaban J connectivity index is 2.07. The Bertz CT molecular complexity index is 317. The molecule has 0 bridgehead atoms. The monoisotopic (exact) mass is 250 g/mol. The van der Waals surface area contributed by atoms with Crippen LogP contribution in [0.3, 0.4) is 0 Å². The van der Waals surface area contributed by atoms with E-state index in [1.807, 2.05) is 6.92 Å². The van der Waals surface area contributed by atoms with Gasteiger partial charge in [0, 0.05) is 0 Å². The Morgan fingerprint density at radius 1 is 1.35 bits per heavy atom. The van der Waals surface area contributed by atoms with Gasteiger partial charge in [-0.05, 0) is 38.6 Å². The molecule has 98 valence electrons. The van der Waals surface area contributed by atoms with Gasteiger partial charge in [0.25, 0.3) is 0 Å². The number of rotatable bonds is 3. The van der Waals surface area contributed by atoms with Gasteiger partial charge in [-0.25, -0.2) is 0 Å². The molecule has 2 aliphatic rings. The summed E-state index contributed by atoms with van der Waals surface area (Å²) in [5.41, 5.74) is -2.74. The van der Waals surface area contributed by atoms with Crippen molar-refractivity contribution in [1.82, 2.24) is 10.6 Å². The number of hydrogen-bond donors (Lipinski definition) is 2. The van der Waals surface area contributed by atoms with Crippen LogP contribution in [0.15, 0.2) is 0 Å². The molecular weight excluding hydrogens is 233 g/mol. The summed E-state index contributed by atoms with van der Waals surface area (Å²) in [7, 11) is 0. The summed E-state index contributed by atoms with van der Waals surface area (Å²) in [6.07, 6.45) is -2.36. The summed E-state index contributed by atoms with van der Waals surface area (Å²) in [6, 6.07) is 0. The second-order valence-electron chi connectivity index (χ2n) is 5.00. The highest BCUT2D eigenvalue weighted by Gasteiger charge is 2.65. The third-order valence-corrected chi connectivity index (χ3v) is 3.93. The highest BCUT2D eigenvalue weighted by Crippen LogP contribution is 2.49. The molecule has 1 saturated heterocycles.